The van der Waals surface area contributed by atoms with E-state index in [4.69, 9.17) is 10.6 Å². The van der Waals surface area contributed by atoms with E-state index >= 15 is 0 Å². The van der Waals surface area contributed by atoms with E-state index in [2.05, 4.69) is 10.0 Å². The second kappa shape index (κ2) is 3.97. The molecule has 0 radical (unpaired) electrons. The van der Waals surface area contributed by atoms with Crippen LogP contribution in [0.1, 0.15) is 13.3 Å². The van der Waals surface area contributed by atoms with E-state index in [1.165, 1.54) is 11.8 Å². The summed E-state index contributed by atoms with van der Waals surface area (Å²) in [5.74, 6) is -1.46. The standard InChI is InChI=1S/C7H10N4O3/c1-4(7(13)14)11-3-2-5(6(11)12)9-10-8/h4-5H,2-3H2,1H3,(H,13,14)/t4-,5?/m1/s1. The summed E-state index contributed by atoms with van der Waals surface area (Å²) < 4.78 is 0. The van der Waals surface area contributed by atoms with E-state index in [-0.39, 0.29) is 0 Å². The van der Waals surface area contributed by atoms with Gasteiger partial charge in [-0.1, -0.05) is 5.11 Å². The Labute approximate surface area is 79.9 Å². The monoisotopic (exact) mass is 198 g/mol. The van der Waals surface area contributed by atoms with Crippen LogP contribution in [0.4, 0.5) is 0 Å². The average Bonchev–Trinajstić information content (AvgIpc) is 2.48. The van der Waals surface area contributed by atoms with Gasteiger partial charge in [-0.15, -0.1) is 0 Å². The normalized spacial score (nSPS) is 23.1. The first-order valence-electron chi connectivity index (χ1n) is 4.15. The fourth-order valence-corrected chi connectivity index (χ4v) is 1.37. The van der Waals surface area contributed by atoms with Crippen molar-refractivity contribution in [2.45, 2.75) is 25.4 Å². The summed E-state index contributed by atoms with van der Waals surface area (Å²) in [5.41, 5.74) is 8.15. The van der Waals surface area contributed by atoms with Gasteiger partial charge in [0.1, 0.15) is 12.1 Å². The summed E-state index contributed by atoms with van der Waals surface area (Å²) in [5, 5.41) is 12.0. The highest BCUT2D eigenvalue weighted by Gasteiger charge is 2.36. The largest absolute Gasteiger partial charge is 0.480 e. The number of azide groups is 1. The SMILES string of the molecule is C[C@H](C(=O)O)N1CCC(N=[N+]=[N-])C1=O. The van der Waals surface area contributed by atoms with Crippen molar-refractivity contribution in [3.05, 3.63) is 10.4 Å². The Morgan fingerprint density at radius 3 is 3.00 bits per heavy atom. The van der Waals surface area contributed by atoms with Crippen LogP contribution in [0.3, 0.4) is 0 Å². The van der Waals surface area contributed by atoms with Crippen molar-refractivity contribution in [2.24, 2.45) is 5.11 Å². The Morgan fingerprint density at radius 2 is 2.50 bits per heavy atom. The first-order valence-corrected chi connectivity index (χ1v) is 4.15. The number of nitrogens with zero attached hydrogens (tertiary/aromatic N) is 4. The predicted molar refractivity (Wildman–Crippen MR) is 46.4 cm³/mol. The molecule has 1 N–H and O–H groups in total. The van der Waals surface area contributed by atoms with E-state index in [0.717, 1.165) is 0 Å². The Morgan fingerprint density at radius 1 is 1.86 bits per heavy atom. The maximum absolute atomic E-state index is 11.4. The number of carboxylic acids is 1. The number of hydrogen-bond acceptors (Lipinski definition) is 3. The molecule has 0 saturated carbocycles. The Bertz CT molecular complexity index is 310. The van der Waals surface area contributed by atoms with Crippen LogP contribution < -0.4 is 0 Å². The highest BCUT2D eigenvalue weighted by atomic mass is 16.4. The molecular weight excluding hydrogens is 188 g/mol. The second-order valence-corrected chi connectivity index (χ2v) is 3.06. The molecule has 7 nitrogen and oxygen atoms in total. The molecular formula is C7H10N4O3. The van der Waals surface area contributed by atoms with Gasteiger partial charge < -0.3 is 10.0 Å². The second-order valence-electron chi connectivity index (χ2n) is 3.06. The van der Waals surface area contributed by atoms with Gasteiger partial charge >= 0.3 is 5.97 Å². The Hall–Kier alpha value is -1.75. The van der Waals surface area contributed by atoms with E-state index < -0.39 is 24.0 Å². The van der Waals surface area contributed by atoms with Gasteiger partial charge in [0.2, 0.25) is 5.91 Å². The quantitative estimate of drug-likeness (QED) is 0.402. The van der Waals surface area contributed by atoms with Crippen molar-refractivity contribution in [3.8, 4) is 0 Å². The lowest BCUT2D eigenvalue weighted by atomic mass is 10.3. The molecule has 1 aliphatic rings. The molecule has 1 saturated heterocycles. The van der Waals surface area contributed by atoms with Gasteiger partial charge in [0.15, 0.2) is 0 Å². The number of carbonyl (C=O) groups is 2. The van der Waals surface area contributed by atoms with Crippen LogP contribution in [0, 0.1) is 0 Å². The van der Waals surface area contributed by atoms with E-state index in [0.29, 0.717) is 13.0 Å². The van der Waals surface area contributed by atoms with Crippen LogP contribution in [0.5, 0.6) is 0 Å². The highest BCUT2D eigenvalue weighted by Crippen LogP contribution is 2.17. The number of aliphatic carboxylic acids is 1. The molecule has 1 aliphatic heterocycles. The molecule has 0 aliphatic carbocycles. The molecule has 14 heavy (non-hydrogen) atoms. The molecule has 0 aromatic carbocycles. The minimum Gasteiger partial charge on any atom is -0.480 e. The van der Waals surface area contributed by atoms with Crippen LogP contribution in [0.25, 0.3) is 10.4 Å². The number of carboxylic acid groups (broad SMARTS) is 1. The minimum atomic E-state index is -1.06. The smallest absolute Gasteiger partial charge is 0.326 e. The molecule has 1 amide bonds. The summed E-state index contributed by atoms with van der Waals surface area (Å²) in [7, 11) is 0. The van der Waals surface area contributed by atoms with Crippen molar-refractivity contribution >= 4 is 11.9 Å². The zero-order valence-corrected chi connectivity index (χ0v) is 7.62. The van der Waals surface area contributed by atoms with Crippen molar-refractivity contribution in [1.82, 2.24) is 4.90 Å². The van der Waals surface area contributed by atoms with Gasteiger partial charge in [0.05, 0.1) is 0 Å². The van der Waals surface area contributed by atoms with Gasteiger partial charge in [-0.05, 0) is 18.9 Å². The number of hydrogen-bond donors (Lipinski definition) is 1. The van der Waals surface area contributed by atoms with Crippen LogP contribution in [0.2, 0.25) is 0 Å². The summed E-state index contributed by atoms with van der Waals surface area (Å²) >= 11 is 0. The molecule has 2 atom stereocenters. The number of likely N-dealkylation sites (tertiary alicyclic amines) is 1. The van der Waals surface area contributed by atoms with Crippen LogP contribution in [0.15, 0.2) is 5.11 Å². The minimum absolute atomic E-state index is 0.329. The lowest BCUT2D eigenvalue weighted by Crippen LogP contribution is -2.41. The van der Waals surface area contributed by atoms with Crippen LogP contribution >= 0.6 is 0 Å². The maximum Gasteiger partial charge on any atom is 0.326 e. The zero-order valence-electron chi connectivity index (χ0n) is 7.62. The first-order chi connectivity index (χ1) is 6.57. The van der Waals surface area contributed by atoms with E-state index in [1.54, 1.807) is 0 Å². The van der Waals surface area contributed by atoms with E-state index in [1.807, 2.05) is 0 Å². The van der Waals surface area contributed by atoms with Crippen molar-refractivity contribution < 1.29 is 14.7 Å². The van der Waals surface area contributed by atoms with Gasteiger partial charge in [-0.2, -0.15) is 0 Å². The highest BCUT2D eigenvalue weighted by molar-refractivity contribution is 5.88. The molecule has 1 unspecified atom stereocenters. The zero-order chi connectivity index (χ0) is 10.7. The molecule has 7 heteroatoms. The average molecular weight is 198 g/mol. The lowest BCUT2D eigenvalue weighted by Gasteiger charge is -2.20. The Kier molecular flexibility index (Phi) is 2.93. The molecule has 0 spiro atoms. The number of carbonyl (C=O) groups excluding carboxylic acids is 1. The molecule has 1 fully saturated rings. The third kappa shape index (κ3) is 1.77. The topological polar surface area (TPSA) is 106 Å². The summed E-state index contributed by atoms with van der Waals surface area (Å²) in [6.07, 6.45) is 0.389. The van der Waals surface area contributed by atoms with Gasteiger partial charge in [0.25, 0.3) is 0 Å². The fourth-order valence-electron chi connectivity index (χ4n) is 1.37. The molecule has 0 bridgehead atoms. The van der Waals surface area contributed by atoms with Crippen molar-refractivity contribution in [1.29, 1.82) is 0 Å². The predicted octanol–water partition coefficient (Wildman–Crippen LogP) is 0.371. The van der Waals surface area contributed by atoms with Crippen LogP contribution in [-0.4, -0.2) is 40.5 Å². The lowest BCUT2D eigenvalue weighted by molar-refractivity contribution is -0.147. The number of rotatable bonds is 3. The molecule has 1 heterocycles. The van der Waals surface area contributed by atoms with Gasteiger partial charge in [-0.25, -0.2) is 4.79 Å². The fraction of sp³-hybridized carbons (Fsp3) is 0.714. The first kappa shape index (κ1) is 10.3. The molecule has 0 aromatic heterocycles. The van der Waals surface area contributed by atoms with Crippen LogP contribution in [-0.2, 0) is 9.59 Å². The molecule has 1 rings (SSSR count). The Balaban J connectivity index is 2.73. The summed E-state index contributed by atoms with van der Waals surface area (Å²) in [4.78, 5) is 25.8. The van der Waals surface area contributed by atoms with Crippen molar-refractivity contribution in [3.63, 3.8) is 0 Å². The molecule has 0 aromatic rings. The van der Waals surface area contributed by atoms with Crippen molar-refractivity contribution in [2.75, 3.05) is 6.54 Å². The summed E-state index contributed by atoms with van der Waals surface area (Å²) in [6, 6.07) is -1.59. The third-order valence-corrected chi connectivity index (χ3v) is 2.23. The van der Waals surface area contributed by atoms with Gasteiger partial charge in [-0.3, -0.25) is 4.79 Å². The maximum atomic E-state index is 11.4. The molecule has 76 valence electrons. The van der Waals surface area contributed by atoms with E-state index in [9.17, 15) is 9.59 Å². The summed E-state index contributed by atoms with van der Waals surface area (Å²) in [6.45, 7) is 1.76. The number of amides is 1. The third-order valence-electron chi connectivity index (χ3n) is 2.23. The van der Waals surface area contributed by atoms with Gasteiger partial charge in [0, 0.05) is 11.5 Å².